The summed E-state index contributed by atoms with van der Waals surface area (Å²) in [6.45, 7) is 9.69. The first-order valence-electron chi connectivity index (χ1n) is 12.3. The van der Waals surface area contributed by atoms with Crippen LogP contribution in [0.25, 0.3) is 10.9 Å². The van der Waals surface area contributed by atoms with Crippen LogP contribution in [0.15, 0.2) is 42.0 Å². The quantitative estimate of drug-likeness (QED) is 0.254. The van der Waals surface area contributed by atoms with Gasteiger partial charge in [0.15, 0.2) is 0 Å². The average Bonchev–Trinajstić information content (AvgIpc) is 2.85. The van der Waals surface area contributed by atoms with Crippen molar-refractivity contribution in [1.82, 2.24) is 15.0 Å². The highest BCUT2D eigenvalue weighted by Gasteiger charge is 2.27. The molecule has 2 aromatic heterocycles. The molecule has 0 aliphatic carbocycles. The van der Waals surface area contributed by atoms with Gasteiger partial charge in [-0.1, -0.05) is 38.4 Å². The number of ether oxygens (including phenoxy) is 1. The molecular weight excluding hydrogens is 507 g/mol. The molecule has 200 valence electrons. The Morgan fingerprint density at radius 3 is 2.76 bits per heavy atom. The van der Waals surface area contributed by atoms with Crippen LogP contribution in [-0.2, 0) is 4.74 Å². The Morgan fingerprint density at radius 1 is 1.34 bits per heavy atom. The zero-order chi connectivity index (χ0) is 27.6. The van der Waals surface area contributed by atoms with E-state index < -0.39 is 12.0 Å². The van der Waals surface area contributed by atoms with Crippen molar-refractivity contribution in [3.05, 3.63) is 69.8 Å². The molecule has 0 saturated carbocycles. The smallest absolute Gasteiger partial charge is 0.225 e. The summed E-state index contributed by atoms with van der Waals surface area (Å²) < 4.78 is 19.7. The minimum absolute atomic E-state index is 0.0328. The van der Waals surface area contributed by atoms with Gasteiger partial charge >= 0.3 is 0 Å². The number of pyridine rings is 2. The van der Waals surface area contributed by atoms with Gasteiger partial charge in [0.2, 0.25) is 11.8 Å². The Labute approximate surface area is 226 Å². The number of nitrogens with zero attached hydrogens (tertiary/aromatic N) is 4. The van der Waals surface area contributed by atoms with E-state index in [1.54, 1.807) is 19.1 Å². The lowest BCUT2D eigenvalue weighted by atomic mass is 9.96. The van der Waals surface area contributed by atoms with E-state index >= 15 is 0 Å². The zero-order valence-corrected chi connectivity index (χ0v) is 22.7. The number of nitrogens with one attached hydrogen (secondary N) is 2. The first kappa shape index (κ1) is 27.2. The summed E-state index contributed by atoms with van der Waals surface area (Å²) in [5.74, 6) is 5.91. The molecule has 1 atom stereocenters. The van der Waals surface area contributed by atoms with E-state index in [4.69, 9.17) is 27.9 Å². The maximum absolute atomic E-state index is 13.9. The maximum atomic E-state index is 13.9. The lowest BCUT2D eigenvalue weighted by Gasteiger charge is -2.31. The predicted octanol–water partition coefficient (Wildman–Crippen LogP) is 4.94. The molecule has 0 spiro atoms. The highest BCUT2D eigenvalue weighted by Crippen LogP contribution is 2.36. The van der Waals surface area contributed by atoms with Crippen molar-refractivity contribution in [3.63, 3.8) is 0 Å². The minimum Gasteiger partial charge on any atom is -0.477 e. The summed E-state index contributed by atoms with van der Waals surface area (Å²) in [7, 11) is 0. The van der Waals surface area contributed by atoms with Crippen LogP contribution in [-0.4, -0.2) is 34.7 Å². The van der Waals surface area contributed by atoms with E-state index in [9.17, 15) is 9.65 Å². The number of nitrogens with two attached hydrogens (primary N) is 2. The van der Waals surface area contributed by atoms with Crippen molar-refractivity contribution in [2.45, 2.75) is 40.2 Å². The number of hydrogen-bond acceptors (Lipinski definition) is 9. The summed E-state index contributed by atoms with van der Waals surface area (Å²) in [5.41, 5.74) is 10.2. The van der Waals surface area contributed by atoms with Crippen LogP contribution in [0.5, 0.6) is 0 Å². The molecule has 0 unspecified atom stereocenters. The summed E-state index contributed by atoms with van der Waals surface area (Å²) in [6, 6.07) is 8.04. The molecule has 4 rings (SSSR count). The van der Waals surface area contributed by atoms with Gasteiger partial charge in [-0.15, -0.1) is 0 Å². The van der Waals surface area contributed by atoms with Gasteiger partial charge in [-0.3, -0.25) is 9.99 Å². The standard InChI is InChI=1S/C27H32ClFN8O/c1-15-18(6-7-21(29)35-15)25(22(31)26-37(32)8-5-9-38-26)36-17-10-19-23(34-14-27(2,3)4)16(12-30)13-33-24(19)20(28)11-17/h6-7,10-11,13,25,36H,5,8-9,14,31-32H2,1-4H3,(H,33,34)/b26-22+/t25-/m0/s1. The van der Waals surface area contributed by atoms with Gasteiger partial charge in [0.1, 0.15) is 6.07 Å². The molecule has 0 bridgehead atoms. The maximum Gasteiger partial charge on any atom is 0.225 e. The summed E-state index contributed by atoms with van der Waals surface area (Å²) >= 11 is 6.68. The van der Waals surface area contributed by atoms with E-state index in [1.165, 1.54) is 17.3 Å². The molecule has 1 saturated heterocycles. The molecule has 9 nitrogen and oxygen atoms in total. The van der Waals surface area contributed by atoms with Gasteiger partial charge in [0.05, 0.1) is 40.1 Å². The van der Waals surface area contributed by atoms with Crippen molar-refractivity contribution in [1.29, 1.82) is 5.26 Å². The number of halogens is 2. The van der Waals surface area contributed by atoms with E-state index in [0.717, 1.165) is 6.42 Å². The highest BCUT2D eigenvalue weighted by atomic mass is 35.5. The number of hydrogen-bond donors (Lipinski definition) is 4. The third-order valence-electron chi connectivity index (χ3n) is 6.16. The first-order chi connectivity index (χ1) is 18.0. The Balaban J connectivity index is 1.85. The summed E-state index contributed by atoms with van der Waals surface area (Å²) in [5, 5.41) is 19.1. The van der Waals surface area contributed by atoms with Crippen molar-refractivity contribution < 1.29 is 9.13 Å². The second kappa shape index (κ2) is 10.9. The number of rotatable bonds is 6. The molecule has 1 aliphatic rings. The molecule has 3 heterocycles. The molecule has 1 aromatic carbocycles. The topological polar surface area (TPSA) is 138 Å². The average molecular weight is 539 g/mol. The molecule has 0 radical (unpaired) electrons. The number of aryl methyl sites for hydroxylation is 1. The molecule has 0 amide bonds. The van der Waals surface area contributed by atoms with Gasteiger partial charge in [-0.05, 0) is 30.5 Å². The molecular formula is C27H32ClFN8O. The van der Waals surface area contributed by atoms with Crippen LogP contribution in [0.3, 0.4) is 0 Å². The highest BCUT2D eigenvalue weighted by molar-refractivity contribution is 6.35. The Bertz CT molecular complexity index is 1430. The molecule has 3 aromatic rings. The van der Waals surface area contributed by atoms with Gasteiger partial charge < -0.3 is 21.1 Å². The lowest BCUT2D eigenvalue weighted by Crippen LogP contribution is -2.40. The van der Waals surface area contributed by atoms with Crippen LogP contribution >= 0.6 is 11.6 Å². The van der Waals surface area contributed by atoms with E-state index in [-0.39, 0.29) is 5.41 Å². The monoisotopic (exact) mass is 538 g/mol. The largest absolute Gasteiger partial charge is 0.477 e. The van der Waals surface area contributed by atoms with E-state index in [0.29, 0.717) is 75.4 Å². The normalized spacial score (nSPS) is 16.0. The van der Waals surface area contributed by atoms with Crippen molar-refractivity contribution in [2.24, 2.45) is 17.0 Å². The van der Waals surface area contributed by atoms with Gasteiger partial charge in [0.25, 0.3) is 0 Å². The lowest BCUT2D eigenvalue weighted by molar-refractivity contribution is 0.0597. The molecule has 1 aliphatic heterocycles. The summed E-state index contributed by atoms with van der Waals surface area (Å²) in [6.07, 6.45) is 2.28. The number of benzene rings is 1. The fourth-order valence-corrected chi connectivity index (χ4v) is 4.54. The summed E-state index contributed by atoms with van der Waals surface area (Å²) in [4.78, 5) is 8.41. The van der Waals surface area contributed by atoms with E-state index in [1.807, 2.05) is 6.07 Å². The second-order valence-electron chi connectivity index (χ2n) is 10.5. The molecule has 11 heteroatoms. The first-order valence-corrected chi connectivity index (χ1v) is 12.7. The Hall–Kier alpha value is -3.81. The van der Waals surface area contributed by atoms with Crippen LogP contribution in [0.4, 0.5) is 15.8 Å². The van der Waals surface area contributed by atoms with Crippen molar-refractivity contribution in [3.8, 4) is 6.07 Å². The molecule has 1 fully saturated rings. The Kier molecular flexibility index (Phi) is 7.81. The number of aromatic nitrogens is 2. The minimum atomic E-state index is -0.672. The van der Waals surface area contributed by atoms with Crippen LogP contribution in [0.2, 0.25) is 5.02 Å². The van der Waals surface area contributed by atoms with E-state index in [2.05, 4.69) is 47.4 Å². The fourth-order valence-electron chi connectivity index (χ4n) is 4.27. The second-order valence-corrected chi connectivity index (χ2v) is 10.9. The fraction of sp³-hybridized carbons (Fsp3) is 0.370. The van der Waals surface area contributed by atoms with Gasteiger partial charge in [-0.25, -0.2) is 10.8 Å². The Morgan fingerprint density at radius 2 is 2.11 bits per heavy atom. The number of fused-ring (bicyclic) bond motifs is 1. The predicted molar refractivity (Wildman–Crippen MR) is 147 cm³/mol. The number of anilines is 2. The number of hydrazine groups is 1. The van der Waals surface area contributed by atoms with Crippen LogP contribution in [0.1, 0.15) is 50.1 Å². The third-order valence-corrected chi connectivity index (χ3v) is 6.44. The molecule has 38 heavy (non-hydrogen) atoms. The van der Waals surface area contributed by atoms with Gasteiger partial charge in [0, 0.05) is 48.0 Å². The zero-order valence-electron chi connectivity index (χ0n) is 21.9. The van der Waals surface area contributed by atoms with Crippen molar-refractivity contribution >= 4 is 33.9 Å². The number of nitriles is 1. The van der Waals surface area contributed by atoms with Crippen LogP contribution < -0.4 is 22.2 Å². The van der Waals surface area contributed by atoms with Crippen LogP contribution in [0, 0.1) is 29.6 Å². The van der Waals surface area contributed by atoms with Crippen molar-refractivity contribution in [2.75, 3.05) is 30.3 Å². The third kappa shape index (κ3) is 5.85. The SMILES string of the molecule is Cc1nc(F)ccc1[C@H](Nc1cc(Cl)c2ncc(C#N)c(NCC(C)(C)C)c2c1)/C(N)=C1\OCCCN1N. The van der Waals surface area contributed by atoms with Gasteiger partial charge in [-0.2, -0.15) is 9.65 Å². The molecule has 6 N–H and O–H groups in total.